The lowest BCUT2D eigenvalue weighted by Gasteiger charge is -2.41. The molecule has 3 heteroatoms. The number of nitrogens with zero attached hydrogens (tertiary/aromatic N) is 1. The minimum absolute atomic E-state index is 0.101. The summed E-state index contributed by atoms with van der Waals surface area (Å²) >= 11 is 0. The van der Waals surface area contributed by atoms with Crippen LogP contribution in [0.5, 0.6) is 0 Å². The van der Waals surface area contributed by atoms with Crippen molar-refractivity contribution < 1.29 is 4.39 Å². The Kier molecular flexibility index (Phi) is 4.23. The predicted molar refractivity (Wildman–Crippen MR) is 74.6 cm³/mol. The number of aryl methyl sites for hydroxylation is 1. The molecule has 0 spiro atoms. The molecular formula is C15H23FN2. The largest absolute Gasteiger partial charge is 0.363 e. The summed E-state index contributed by atoms with van der Waals surface area (Å²) in [6.07, 6.45) is 2.12. The molecule has 1 fully saturated rings. The third-order valence-corrected chi connectivity index (χ3v) is 3.88. The van der Waals surface area contributed by atoms with Gasteiger partial charge in [0, 0.05) is 25.2 Å². The van der Waals surface area contributed by atoms with E-state index in [1.165, 1.54) is 0 Å². The van der Waals surface area contributed by atoms with Crippen molar-refractivity contribution in [1.82, 2.24) is 5.32 Å². The predicted octanol–water partition coefficient (Wildman–Crippen LogP) is 3.10. The van der Waals surface area contributed by atoms with Gasteiger partial charge in [0.2, 0.25) is 0 Å². The lowest BCUT2D eigenvalue weighted by Crippen LogP contribution is -2.56. The fraction of sp³-hybridized carbons (Fsp3) is 0.600. The second-order valence-corrected chi connectivity index (χ2v) is 5.18. The summed E-state index contributed by atoms with van der Waals surface area (Å²) in [4.78, 5) is 2.24. The lowest BCUT2D eigenvalue weighted by atomic mass is 10.0. The first kappa shape index (κ1) is 13.3. The highest BCUT2D eigenvalue weighted by atomic mass is 19.1. The molecule has 2 unspecified atom stereocenters. The van der Waals surface area contributed by atoms with E-state index in [4.69, 9.17) is 0 Å². The highest BCUT2D eigenvalue weighted by Crippen LogP contribution is 2.26. The molecule has 1 N–H and O–H groups in total. The van der Waals surface area contributed by atoms with Crippen LogP contribution in [-0.2, 0) is 0 Å². The number of anilines is 1. The zero-order chi connectivity index (χ0) is 13.1. The van der Waals surface area contributed by atoms with Gasteiger partial charge < -0.3 is 10.2 Å². The van der Waals surface area contributed by atoms with E-state index in [0.29, 0.717) is 12.1 Å². The van der Waals surface area contributed by atoms with E-state index in [-0.39, 0.29) is 5.82 Å². The fourth-order valence-electron chi connectivity index (χ4n) is 2.64. The molecular weight excluding hydrogens is 227 g/mol. The molecule has 1 heterocycles. The maximum Gasteiger partial charge on any atom is 0.146 e. The highest BCUT2D eigenvalue weighted by molar-refractivity contribution is 5.51. The Morgan fingerprint density at radius 1 is 1.33 bits per heavy atom. The van der Waals surface area contributed by atoms with Gasteiger partial charge in [-0.2, -0.15) is 0 Å². The average molecular weight is 250 g/mol. The second kappa shape index (κ2) is 5.70. The SMILES string of the molecule is CCC1CN(c2cc(C)ccc2F)C(CC)CN1. The third-order valence-electron chi connectivity index (χ3n) is 3.88. The van der Waals surface area contributed by atoms with Gasteiger partial charge in [-0.3, -0.25) is 0 Å². The molecule has 1 aromatic rings. The van der Waals surface area contributed by atoms with Crippen molar-refractivity contribution in [3.63, 3.8) is 0 Å². The number of hydrogen-bond acceptors (Lipinski definition) is 2. The summed E-state index contributed by atoms with van der Waals surface area (Å²) in [6.45, 7) is 8.20. The van der Waals surface area contributed by atoms with Crippen molar-refractivity contribution >= 4 is 5.69 Å². The van der Waals surface area contributed by atoms with Crippen LogP contribution in [0.2, 0.25) is 0 Å². The monoisotopic (exact) mass is 250 g/mol. The normalized spacial score (nSPS) is 24.3. The van der Waals surface area contributed by atoms with E-state index < -0.39 is 0 Å². The number of halogens is 1. The molecule has 2 nitrogen and oxygen atoms in total. The Hall–Kier alpha value is -1.09. The first-order valence-corrected chi connectivity index (χ1v) is 6.91. The van der Waals surface area contributed by atoms with Crippen molar-refractivity contribution in [2.75, 3.05) is 18.0 Å². The zero-order valence-electron chi connectivity index (χ0n) is 11.5. The molecule has 1 aliphatic heterocycles. The van der Waals surface area contributed by atoms with Gasteiger partial charge in [-0.15, -0.1) is 0 Å². The minimum atomic E-state index is -0.101. The molecule has 2 rings (SSSR count). The van der Waals surface area contributed by atoms with Gasteiger partial charge in [-0.1, -0.05) is 19.9 Å². The van der Waals surface area contributed by atoms with Gasteiger partial charge in [-0.05, 0) is 37.5 Å². The van der Waals surface area contributed by atoms with Gasteiger partial charge in [0.25, 0.3) is 0 Å². The molecule has 0 bridgehead atoms. The summed E-state index contributed by atoms with van der Waals surface area (Å²) in [5.74, 6) is -0.101. The highest BCUT2D eigenvalue weighted by Gasteiger charge is 2.27. The Balaban J connectivity index is 2.29. The van der Waals surface area contributed by atoms with Gasteiger partial charge in [0.05, 0.1) is 5.69 Å². The third kappa shape index (κ3) is 2.66. The molecule has 0 radical (unpaired) electrons. The summed E-state index contributed by atoms with van der Waals surface area (Å²) in [5, 5.41) is 3.54. The van der Waals surface area contributed by atoms with Crippen molar-refractivity contribution in [2.45, 2.75) is 45.7 Å². The number of benzene rings is 1. The van der Waals surface area contributed by atoms with E-state index in [9.17, 15) is 4.39 Å². The lowest BCUT2D eigenvalue weighted by molar-refractivity contribution is 0.375. The summed E-state index contributed by atoms with van der Waals surface area (Å²) in [7, 11) is 0. The van der Waals surface area contributed by atoms with Crippen molar-refractivity contribution in [3.05, 3.63) is 29.6 Å². The van der Waals surface area contributed by atoms with Crippen LogP contribution >= 0.6 is 0 Å². The molecule has 1 aromatic carbocycles. The first-order valence-electron chi connectivity index (χ1n) is 6.91. The maximum atomic E-state index is 14.0. The number of piperazine rings is 1. The number of hydrogen-bond donors (Lipinski definition) is 1. The summed E-state index contributed by atoms with van der Waals surface area (Å²) in [6, 6.07) is 6.24. The van der Waals surface area contributed by atoms with Gasteiger partial charge in [-0.25, -0.2) is 4.39 Å². The molecule has 1 saturated heterocycles. The Labute approximate surface area is 109 Å². The molecule has 1 aliphatic rings. The topological polar surface area (TPSA) is 15.3 Å². The van der Waals surface area contributed by atoms with Crippen molar-refractivity contribution in [3.8, 4) is 0 Å². The van der Waals surface area contributed by atoms with E-state index in [0.717, 1.165) is 37.2 Å². The summed E-state index contributed by atoms with van der Waals surface area (Å²) in [5.41, 5.74) is 1.88. The maximum absolute atomic E-state index is 14.0. The standard InChI is InChI=1S/C15H23FN2/c1-4-12-10-18(13(5-2)9-17-12)15-8-11(3)6-7-14(15)16/h6-8,12-13,17H,4-5,9-10H2,1-3H3. The van der Waals surface area contributed by atoms with Crippen LogP contribution in [0.25, 0.3) is 0 Å². The molecule has 0 amide bonds. The quantitative estimate of drug-likeness (QED) is 0.886. The molecule has 2 atom stereocenters. The van der Waals surface area contributed by atoms with Crippen LogP contribution in [0.1, 0.15) is 32.3 Å². The number of rotatable bonds is 3. The second-order valence-electron chi connectivity index (χ2n) is 5.18. The van der Waals surface area contributed by atoms with Gasteiger partial charge >= 0.3 is 0 Å². The van der Waals surface area contributed by atoms with Crippen molar-refractivity contribution in [2.24, 2.45) is 0 Å². The Bertz CT molecular complexity index is 405. The summed E-state index contributed by atoms with van der Waals surface area (Å²) < 4.78 is 14.0. The van der Waals surface area contributed by atoms with Crippen LogP contribution < -0.4 is 10.2 Å². The van der Waals surface area contributed by atoms with E-state index in [1.54, 1.807) is 6.07 Å². The molecule has 100 valence electrons. The van der Waals surface area contributed by atoms with E-state index in [2.05, 4.69) is 24.1 Å². The molecule has 0 aromatic heterocycles. The van der Waals surface area contributed by atoms with Gasteiger partial charge in [0.1, 0.15) is 5.82 Å². The minimum Gasteiger partial charge on any atom is -0.363 e. The molecule has 0 aliphatic carbocycles. The smallest absolute Gasteiger partial charge is 0.146 e. The van der Waals surface area contributed by atoms with Crippen LogP contribution in [0, 0.1) is 12.7 Å². The number of nitrogens with one attached hydrogen (secondary N) is 1. The zero-order valence-corrected chi connectivity index (χ0v) is 11.5. The fourth-order valence-corrected chi connectivity index (χ4v) is 2.64. The van der Waals surface area contributed by atoms with Crippen LogP contribution in [-0.4, -0.2) is 25.2 Å². The average Bonchev–Trinajstić information content (AvgIpc) is 2.40. The van der Waals surface area contributed by atoms with E-state index >= 15 is 0 Å². The van der Waals surface area contributed by atoms with Crippen molar-refractivity contribution in [1.29, 1.82) is 0 Å². The first-order chi connectivity index (χ1) is 8.65. The van der Waals surface area contributed by atoms with Crippen LogP contribution in [0.3, 0.4) is 0 Å². The Morgan fingerprint density at radius 3 is 2.78 bits per heavy atom. The molecule has 0 saturated carbocycles. The van der Waals surface area contributed by atoms with Gasteiger partial charge in [0.15, 0.2) is 0 Å². The Morgan fingerprint density at radius 2 is 2.11 bits per heavy atom. The van der Waals surface area contributed by atoms with Crippen LogP contribution in [0.4, 0.5) is 10.1 Å². The molecule has 18 heavy (non-hydrogen) atoms. The van der Waals surface area contributed by atoms with E-state index in [1.807, 2.05) is 19.1 Å². The van der Waals surface area contributed by atoms with Crippen LogP contribution in [0.15, 0.2) is 18.2 Å².